The average molecular weight is 348 g/mol. The molecule has 2 aromatic carbocycles. The van der Waals surface area contributed by atoms with Crippen LogP contribution in [-0.4, -0.2) is 29.9 Å². The Morgan fingerprint density at radius 1 is 1.15 bits per heavy atom. The molecule has 0 spiro atoms. The van der Waals surface area contributed by atoms with Gasteiger partial charge in [0, 0.05) is 25.1 Å². The molecule has 1 fully saturated rings. The maximum atomic E-state index is 12.3. The molecule has 0 unspecified atom stereocenters. The van der Waals surface area contributed by atoms with Crippen LogP contribution in [0.2, 0.25) is 0 Å². The van der Waals surface area contributed by atoms with Crippen molar-refractivity contribution in [3.05, 3.63) is 71.3 Å². The van der Waals surface area contributed by atoms with Gasteiger partial charge in [-0.05, 0) is 18.1 Å². The van der Waals surface area contributed by atoms with Crippen LogP contribution in [0.25, 0.3) is 0 Å². The van der Waals surface area contributed by atoms with E-state index in [2.05, 4.69) is 6.07 Å². The minimum Gasteiger partial charge on any atom is -0.460 e. The average Bonchev–Trinajstić information content (AvgIpc) is 3.06. The van der Waals surface area contributed by atoms with Gasteiger partial charge in [0.25, 0.3) is 0 Å². The predicted molar refractivity (Wildman–Crippen MR) is 95.8 cm³/mol. The number of hydrogen-bond donors (Lipinski definition) is 0. The Hall–Kier alpha value is -3.13. The molecule has 1 aliphatic rings. The lowest BCUT2D eigenvalue weighted by Gasteiger charge is -2.16. The molecule has 0 aliphatic carbocycles. The van der Waals surface area contributed by atoms with E-state index in [9.17, 15) is 9.59 Å². The van der Waals surface area contributed by atoms with E-state index in [4.69, 9.17) is 10.00 Å². The Balaban J connectivity index is 1.51. The minimum absolute atomic E-state index is 0.0136. The van der Waals surface area contributed by atoms with E-state index in [1.807, 2.05) is 30.3 Å². The van der Waals surface area contributed by atoms with Crippen LogP contribution < -0.4 is 0 Å². The number of rotatable bonds is 6. The number of ether oxygens (including phenoxy) is 1. The zero-order valence-corrected chi connectivity index (χ0v) is 14.4. The summed E-state index contributed by atoms with van der Waals surface area (Å²) in [6.07, 6.45) is 0.956. The summed E-state index contributed by atoms with van der Waals surface area (Å²) in [6, 6.07) is 19.1. The van der Waals surface area contributed by atoms with Gasteiger partial charge >= 0.3 is 5.97 Å². The van der Waals surface area contributed by atoms with E-state index in [0.717, 1.165) is 6.42 Å². The summed E-state index contributed by atoms with van der Waals surface area (Å²) in [4.78, 5) is 26.2. The summed E-state index contributed by atoms with van der Waals surface area (Å²) in [5.74, 6) is -0.832. The summed E-state index contributed by atoms with van der Waals surface area (Å²) in [5, 5.41) is 9.08. The molecule has 1 atom stereocenters. The molecular formula is C21H20N2O3. The van der Waals surface area contributed by atoms with Crippen LogP contribution >= 0.6 is 0 Å². The van der Waals surface area contributed by atoms with Crippen molar-refractivity contribution in [1.29, 1.82) is 5.26 Å². The second-order valence-corrected chi connectivity index (χ2v) is 6.35. The molecule has 0 radical (unpaired) electrons. The summed E-state index contributed by atoms with van der Waals surface area (Å²) < 4.78 is 5.35. The Morgan fingerprint density at radius 2 is 1.88 bits per heavy atom. The third kappa shape index (κ3) is 4.28. The maximum Gasteiger partial charge on any atom is 0.311 e. The number of nitriles is 1. The molecule has 1 aliphatic heterocycles. The van der Waals surface area contributed by atoms with Gasteiger partial charge in [-0.15, -0.1) is 0 Å². The van der Waals surface area contributed by atoms with Gasteiger partial charge in [-0.2, -0.15) is 5.26 Å². The lowest BCUT2D eigenvalue weighted by atomic mass is 10.1. The van der Waals surface area contributed by atoms with Crippen LogP contribution in [0.15, 0.2) is 54.6 Å². The van der Waals surface area contributed by atoms with Gasteiger partial charge in [0.2, 0.25) is 5.91 Å². The number of likely N-dealkylation sites (tertiary alicyclic amines) is 1. The standard InChI is InChI=1S/C21H20N2O3/c22-13-17-8-4-5-9-18(17)15-26-21(25)19-12-20(24)23(14-19)11-10-16-6-2-1-3-7-16/h1-9,19H,10-12,14-15H2/t19-/m1/s1. The monoisotopic (exact) mass is 348 g/mol. The van der Waals surface area contributed by atoms with Crippen molar-refractivity contribution in [2.45, 2.75) is 19.4 Å². The highest BCUT2D eigenvalue weighted by atomic mass is 16.5. The highest BCUT2D eigenvalue weighted by Crippen LogP contribution is 2.20. The van der Waals surface area contributed by atoms with Gasteiger partial charge in [-0.25, -0.2) is 0 Å². The van der Waals surface area contributed by atoms with Crippen molar-refractivity contribution in [2.24, 2.45) is 5.92 Å². The second kappa shape index (κ2) is 8.30. The van der Waals surface area contributed by atoms with Crippen LogP contribution in [0.1, 0.15) is 23.1 Å². The van der Waals surface area contributed by atoms with Gasteiger partial charge < -0.3 is 9.64 Å². The van der Waals surface area contributed by atoms with E-state index < -0.39 is 5.92 Å². The third-order valence-corrected chi connectivity index (χ3v) is 4.57. The molecule has 5 nitrogen and oxygen atoms in total. The van der Waals surface area contributed by atoms with Crippen molar-refractivity contribution in [3.8, 4) is 6.07 Å². The molecule has 26 heavy (non-hydrogen) atoms. The van der Waals surface area contributed by atoms with Crippen molar-refractivity contribution in [1.82, 2.24) is 4.90 Å². The minimum atomic E-state index is -0.437. The topological polar surface area (TPSA) is 70.4 Å². The lowest BCUT2D eigenvalue weighted by molar-refractivity contribution is -0.149. The second-order valence-electron chi connectivity index (χ2n) is 6.35. The summed E-state index contributed by atoms with van der Waals surface area (Å²) in [7, 11) is 0. The molecule has 5 heteroatoms. The van der Waals surface area contributed by atoms with E-state index >= 15 is 0 Å². The van der Waals surface area contributed by atoms with Crippen LogP contribution in [0.4, 0.5) is 0 Å². The first kappa shape index (κ1) is 17.7. The van der Waals surface area contributed by atoms with Gasteiger partial charge in [0.15, 0.2) is 0 Å². The number of amides is 1. The molecule has 1 saturated heterocycles. The van der Waals surface area contributed by atoms with Crippen LogP contribution in [0.5, 0.6) is 0 Å². The maximum absolute atomic E-state index is 12.3. The van der Waals surface area contributed by atoms with Gasteiger partial charge in [0.05, 0.1) is 17.6 Å². The van der Waals surface area contributed by atoms with Gasteiger partial charge in [-0.1, -0.05) is 48.5 Å². The van der Waals surface area contributed by atoms with Gasteiger partial charge in [-0.3, -0.25) is 9.59 Å². The van der Waals surface area contributed by atoms with Crippen molar-refractivity contribution < 1.29 is 14.3 Å². The normalized spacial score (nSPS) is 16.3. The fourth-order valence-corrected chi connectivity index (χ4v) is 3.08. The Morgan fingerprint density at radius 3 is 2.65 bits per heavy atom. The number of carbonyl (C=O) groups is 2. The predicted octanol–water partition coefficient (Wildman–Crippen LogP) is 2.69. The third-order valence-electron chi connectivity index (χ3n) is 4.57. The van der Waals surface area contributed by atoms with E-state index in [1.54, 1.807) is 29.2 Å². The number of benzene rings is 2. The number of nitrogens with zero attached hydrogens (tertiary/aromatic N) is 2. The van der Waals surface area contributed by atoms with E-state index in [0.29, 0.717) is 24.2 Å². The van der Waals surface area contributed by atoms with Crippen molar-refractivity contribution in [2.75, 3.05) is 13.1 Å². The molecule has 3 rings (SSSR count). The van der Waals surface area contributed by atoms with Crippen LogP contribution in [0, 0.1) is 17.2 Å². The first-order chi connectivity index (χ1) is 12.7. The van der Waals surface area contributed by atoms with Gasteiger partial charge in [0.1, 0.15) is 6.61 Å². The zero-order valence-electron chi connectivity index (χ0n) is 14.4. The molecule has 0 bridgehead atoms. The number of esters is 1. The smallest absolute Gasteiger partial charge is 0.311 e. The van der Waals surface area contributed by atoms with Crippen molar-refractivity contribution in [3.63, 3.8) is 0 Å². The molecule has 1 amide bonds. The molecule has 132 valence electrons. The SMILES string of the molecule is N#Cc1ccccc1COC(=O)[C@@H]1CC(=O)N(CCc2ccccc2)C1. The Bertz CT molecular complexity index is 827. The van der Waals surface area contributed by atoms with Crippen molar-refractivity contribution >= 4 is 11.9 Å². The molecule has 0 N–H and O–H groups in total. The molecule has 0 aromatic heterocycles. The molecule has 0 saturated carbocycles. The van der Waals surface area contributed by atoms with E-state index in [-0.39, 0.29) is 24.9 Å². The first-order valence-corrected chi connectivity index (χ1v) is 8.63. The summed E-state index contributed by atoms with van der Waals surface area (Å²) in [6.45, 7) is 1.05. The quantitative estimate of drug-likeness (QED) is 0.753. The lowest BCUT2D eigenvalue weighted by Crippen LogP contribution is -2.28. The zero-order chi connectivity index (χ0) is 18.4. The van der Waals surface area contributed by atoms with E-state index in [1.165, 1.54) is 5.56 Å². The van der Waals surface area contributed by atoms with Crippen LogP contribution in [-0.2, 0) is 27.4 Å². The molecule has 1 heterocycles. The fourth-order valence-electron chi connectivity index (χ4n) is 3.08. The first-order valence-electron chi connectivity index (χ1n) is 8.63. The highest BCUT2D eigenvalue weighted by Gasteiger charge is 2.35. The summed E-state index contributed by atoms with van der Waals surface area (Å²) in [5.41, 5.74) is 2.33. The number of carbonyl (C=O) groups excluding carboxylic acids is 2. The fraction of sp³-hybridized carbons (Fsp3) is 0.286. The molecule has 2 aromatic rings. The number of hydrogen-bond acceptors (Lipinski definition) is 4. The highest BCUT2D eigenvalue weighted by molar-refractivity contribution is 5.86. The Labute approximate surface area is 152 Å². The Kier molecular flexibility index (Phi) is 5.65. The molecular weight excluding hydrogens is 328 g/mol. The largest absolute Gasteiger partial charge is 0.460 e. The van der Waals surface area contributed by atoms with Crippen LogP contribution in [0.3, 0.4) is 0 Å². The summed E-state index contributed by atoms with van der Waals surface area (Å²) >= 11 is 0.